The molecule has 1 aliphatic rings. The number of anilines is 1. The second-order valence-corrected chi connectivity index (χ2v) is 7.48. The summed E-state index contributed by atoms with van der Waals surface area (Å²) in [6.45, 7) is 4.10. The maximum absolute atomic E-state index is 13.4. The molecule has 1 aliphatic heterocycles. The summed E-state index contributed by atoms with van der Waals surface area (Å²) in [5, 5.41) is 3.17. The molecule has 0 fully saturated rings. The minimum absolute atomic E-state index is 0.160. The third-order valence-electron chi connectivity index (χ3n) is 5.24. The average Bonchev–Trinajstić information content (AvgIpc) is 2.99. The van der Waals surface area contributed by atoms with Gasteiger partial charge in [0.25, 0.3) is 11.8 Å². The van der Waals surface area contributed by atoms with Crippen molar-refractivity contribution >= 4 is 23.1 Å². The Kier molecular flexibility index (Phi) is 5.54. The summed E-state index contributed by atoms with van der Waals surface area (Å²) in [4.78, 5) is 32.1. The minimum atomic E-state index is -0.361. The van der Waals surface area contributed by atoms with Gasteiger partial charge in [0, 0.05) is 18.1 Å². The first kappa shape index (κ1) is 20.3. The van der Waals surface area contributed by atoms with Crippen molar-refractivity contribution in [1.29, 1.82) is 0 Å². The third-order valence-corrected chi connectivity index (χ3v) is 5.24. The maximum Gasteiger partial charge on any atom is 0.278 e. The van der Waals surface area contributed by atoms with Gasteiger partial charge in [0.15, 0.2) is 0 Å². The lowest BCUT2D eigenvalue weighted by Gasteiger charge is -2.15. The van der Waals surface area contributed by atoms with Crippen LogP contribution in [0.5, 0.6) is 5.75 Å². The number of methoxy groups -OCH3 is 1. The number of nitrogens with one attached hydrogen (secondary N) is 1. The number of benzene rings is 2. The zero-order valence-corrected chi connectivity index (χ0v) is 17.7. The molecule has 0 saturated carbocycles. The van der Waals surface area contributed by atoms with E-state index in [1.165, 1.54) is 4.90 Å². The zero-order valence-electron chi connectivity index (χ0n) is 17.7. The van der Waals surface area contributed by atoms with Gasteiger partial charge in [-0.3, -0.25) is 19.5 Å². The molecule has 2 heterocycles. The van der Waals surface area contributed by atoms with Crippen LogP contribution in [0, 0.1) is 13.8 Å². The molecule has 31 heavy (non-hydrogen) atoms. The number of carbonyl (C=O) groups excluding carboxylic acids is 2. The lowest BCUT2D eigenvalue weighted by molar-refractivity contribution is -0.137. The summed E-state index contributed by atoms with van der Waals surface area (Å²) in [5.74, 6) is 0.0256. The van der Waals surface area contributed by atoms with Crippen LogP contribution in [0.4, 0.5) is 5.69 Å². The largest absolute Gasteiger partial charge is 0.497 e. The van der Waals surface area contributed by atoms with E-state index in [0.29, 0.717) is 17.0 Å². The number of amides is 2. The van der Waals surface area contributed by atoms with E-state index in [2.05, 4.69) is 10.3 Å². The van der Waals surface area contributed by atoms with Crippen molar-refractivity contribution in [1.82, 2.24) is 9.88 Å². The van der Waals surface area contributed by atoms with Crippen LogP contribution in [0.1, 0.15) is 22.3 Å². The van der Waals surface area contributed by atoms with Crippen molar-refractivity contribution in [3.8, 4) is 5.75 Å². The number of ether oxygens (including phenoxy) is 1. The van der Waals surface area contributed by atoms with Gasteiger partial charge in [-0.1, -0.05) is 29.8 Å². The van der Waals surface area contributed by atoms with Crippen LogP contribution in [0.2, 0.25) is 0 Å². The van der Waals surface area contributed by atoms with E-state index >= 15 is 0 Å². The molecule has 0 unspecified atom stereocenters. The second-order valence-electron chi connectivity index (χ2n) is 7.48. The lowest BCUT2D eigenvalue weighted by Crippen LogP contribution is -2.32. The summed E-state index contributed by atoms with van der Waals surface area (Å²) in [6.07, 6.45) is 3.32. The van der Waals surface area contributed by atoms with Crippen molar-refractivity contribution in [2.24, 2.45) is 0 Å². The monoisotopic (exact) mass is 413 g/mol. The predicted octanol–water partition coefficient (Wildman–Crippen LogP) is 4.10. The third kappa shape index (κ3) is 4.05. The summed E-state index contributed by atoms with van der Waals surface area (Å²) < 4.78 is 5.20. The SMILES string of the molecule is COc1ccc(NC2=C(c3ccc(C)cc3C)C(=O)N(Cc3cccnc3)C2=O)cc1. The van der Waals surface area contributed by atoms with Gasteiger partial charge in [-0.25, -0.2) is 0 Å². The Balaban J connectivity index is 1.76. The Morgan fingerprint density at radius 1 is 1.00 bits per heavy atom. The first-order valence-electron chi connectivity index (χ1n) is 9.96. The fraction of sp³-hybridized carbons (Fsp3) is 0.160. The van der Waals surface area contributed by atoms with Gasteiger partial charge >= 0.3 is 0 Å². The highest BCUT2D eigenvalue weighted by molar-refractivity contribution is 6.36. The highest BCUT2D eigenvalue weighted by Crippen LogP contribution is 2.33. The molecule has 6 heteroatoms. The maximum atomic E-state index is 13.4. The first-order valence-corrected chi connectivity index (χ1v) is 9.96. The molecule has 2 aromatic carbocycles. The van der Waals surface area contributed by atoms with Crippen molar-refractivity contribution in [2.45, 2.75) is 20.4 Å². The number of hydrogen-bond acceptors (Lipinski definition) is 5. The number of aromatic nitrogens is 1. The van der Waals surface area contributed by atoms with Crippen LogP contribution in [-0.4, -0.2) is 28.8 Å². The van der Waals surface area contributed by atoms with Crippen molar-refractivity contribution in [3.05, 3.63) is 94.9 Å². The van der Waals surface area contributed by atoms with Crippen molar-refractivity contribution in [3.63, 3.8) is 0 Å². The summed E-state index contributed by atoms with van der Waals surface area (Å²) in [7, 11) is 1.60. The van der Waals surface area contributed by atoms with Crippen LogP contribution >= 0.6 is 0 Å². The van der Waals surface area contributed by atoms with Gasteiger partial charge in [-0.05, 0) is 60.9 Å². The average molecular weight is 413 g/mol. The molecular formula is C25H23N3O3. The molecule has 0 spiro atoms. The number of carbonyl (C=O) groups is 2. The standard InChI is InChI=1S/C25H23N3O3/c1-16-6-11-21(17(2)13-16)22-23(27-19-7-9-20(31-3)10-8-19)25(30)28(24(22)29)15-18-5-4-12-26-14-18/h4-14,27H,15H2,1-3H3. The molecular weight excluding hydrogens is 390 g/mol. The molecule has 0 atom stereocenters. The van der Waals surface area contributed by atoms with E-state index < -0.39 is 0 Å². The minimum Gasteiger partial charge on any atom is -0.497 e. The topological polar surface area (TPSA) is 71.5 Å². The van der Waals surface area contributed by atoms with E-state index in [9.17, 15) is 9.59 Å². The number of nitrogens with zero attached hydrogens (tertiary/aromatic N) is 2. The van der Waals surface area contributed by atoms with Crippen LogP contribution in [0.3, 0.4) is 0 Å². The smallest absolute Gasteiger partial charge is 0.278 e. The number of pyridine rings is 1. The van der Waals surface area contributed by atoms with E-state index in [0.717, 1.165) is 22.3 Å². The Hall–Kier alpha value is -3.93. The Morgan fingerprint density at radius 3 is 2.42 bits per heavy atom. The van der Waals surface area contributed by atoms with Crippen LogP contribution in [0.15, 0.2) is 72.7 Å². The number of imide groups is 1. The summed E-state index contributed by atoms with van der Waals surface area (Å²) in [6, 6.07) is 16.7. The van der Waals surface area contributed by atoms with E-state index in [1.54, 1.807) is 37.7 Å². The van der Waals surface area contributed by atoms with Gasteiger partial charge in [-0.15, -0.1) is 0 Å². The van der Waals surface area contributed by atoms with Crippen molar-refractivity contribution in [2.75, 3.05) is 12.4 Å². The molecule has 1 N–H and O–H groups in total. The van der Waals surface area contributed by atoms with E-state index in [1.807, 2.05) is 50.2 Å². The van der Waals surface area contributed by atoms with Gasteiger partial charge in [0.2, 0.25) is 0 Å². The molecule has 2 amide bonds. The molecule has 0 saturated heterocycles. The molecule has 0 radical (unpaired) electrons. The Labute approximate surface area is 181 Å². The van der Waals surface area contributed by atoms with Crippen LogP contribution in [0.25, 0.3) is 5.57 Å². The first-order chi connectivity index (χ1) is 15.0. The summed E-state index contributed by atoms with van der Waals surface area (Å²) >= 11 is 0. The molecule has 3 aromatic rings. The molecule has 156 valence electrons. The summed E-state index contributed by atoms with van der Waals surface area (Å²) in [5.41, 5.74) is 4.91. The normalized spacial score (nSPS) is 13.7. The quantitative estimate of drug-likeness (QED) is 0.616. The molecule has 6 nitrogen and oxygen atoms in total. The fourth-order valence-corrected chi connectivity index (χ4v) is 3.67. The Bertz CT molecular complexity index is 1170. The fourth-order valence-electron chi connectivity index (χ4n) is 3.67. The van der Waals surface area contributed by atoms with Gasteiger partial charge < -0.3 is 10.1 Å². The highest BCUT2D eigenvalue weighted by atomic mass is 16.5. The highest BCUT2D eigenvalue weighted by Gasteiger charge is 2.39. The Morgan fingerprint density at radius 2 is 1.77 bits per heavy atom. The number of rotatable bonds is 6. The predicted molar refractivity (Wildman–Crippen MR) is 119 cm³/mol. The van der Waals surface area contributed by atoms with E-state index in [-0.39, 0.29) is 24.1 Å². The van der Waals surface area contributed by atoms with E-state index in [4.69, 9.17) is 4.74 Å². The van der Waals surface area contributed by atoms with Crippen LogP contribution in [-0.2, 0) is 16.1 Å². The molecule has 1 aromatic heterocycles. The second kappa shape index (κ2) is 8.44. The molecule has 0 bridgehead atoms. The van der Waals surface area contributed by atoms with Gasteiger partial charge in [0.05, 0.1) is 19.2 Å². The van der Waals surface area contributed by atoms with Gasteiger partial charge in [-0.2, -0.15) is 0 Å². The lowest BCUT2D eigenvalue weighted by atomic mass is 9.97. The number of aryl methyl sites for hydroxylation is 2. The van der Waals surface area contributed by atoms with Crippen molar-refractivity contribution < 1.29 is 14.3 Å². The zero-order chi connectivity index (χ0) is 22.0. The number of hydrogen-bond donors (Lipinski definition) is 1. The molecule has 4 rings (SSSR count). The molecule has 0 aliphatic carbocycles. The van der Waals surface area contributed by atoms with Crippen LogP contribution < -0.4 is 10.1 Å². The van der Waals surface area contributed by atoms with Gasteiger partial charge in [0.1, 0.15) is 11.4 Å².